The molecule has 16 heavy (non-hydrogen) atoms. The van der Waals surface area contributed by atoms with Gasteiger partial charge in [0, 0.05) is 24.1 Å². The molecule has 0 saturated carbocycles. The van der Waals surface area contributed by atoms with Gasteiger partial charge in [-0.1, -0.05) is 12.8 Å². The normalized spacial score (nSPS) is 32.2. The predicted octanol–water partition coefficient (Wildman–Crippen LogP) is 1.48. The second-order valence-electron chi connectivity index (χ2n) is 4.81. The lowest BCUT2D eigenvalue weighted by molar-refractivity contribution is -0.135. The molecule has 0 aromatic rings. The number of hydrogen-bond acceptors (Lipinski definition) is 3. The molecule has 2 heterocycles. The summed E-state index contributed by atoms with van der Waals surface area (Å²) in [4.78, 5) is 14.5. The molecule has 0 aromatic carbocycles. The molecule has 3 nitrogen and oxygen atoms in total. The van der Waals surface area contributed by atoms with Gasteiger partial charge in [-0.05, 0) is 26.3 Å². The predicted molar refractivity (Wildman–Crippen MR) is 68.8 cm³/mol. The second kappa shape index (κ2) is 5.92. The van der Waals surface area contributed by atoms with Crippen LogP contribution in [0.4, 0.5) is 0 Å². The van der Waals surface area contributed by atoms with Crippen molar-refractivity contribution < 1.29 is 4.79 Å². The fourth-order valence-electron chi connectivity index (χ4n) is 2.49. The largest absolute Gasteiger partial charge is 0.337 e. The Morgan fingerprint density at radius 2 is 2.25 bits per heavy atom. The summed E-state index contributed by atoms with van der Waals surface area (Å²) < 4.78 is 0. The highest BCUT2D eigenvalue weighted by Gasteiger charge is 2.29. The van der Waals surface area contributed by atoms with Gasteiger partial charge in [-0.2, -0.15) is 11.8 Å². The average Bonchev–Trinajstić information content (AvgIpc) is 2.57. The van der Waals surface area contributed by atoms with Crippen LogP contribution in [0.15, 0.2) is 0 Å². The molecule has 2 saturated heterocycles. The van der Waals surface area contributed by atoms with Gasteiger partial charge in [-0.25, -0.2) is 0 Å². The minimum absolute atomic E-state index is 0.0908. The van der Waals surface area contributed by atoms with E-state index in [2.05, 4.69) is 17.1 Å². The van der Waals surface area contributed by atoms with E-state index in [1.165, 1.54) is 19.3 Å². The third-order valence-electron chi connectivity index (χ3n) is 3.51. The quantitative estimate of drug-likeness (QED) is 0.756. The van der Waals surface area contributed by atoms with Crippen LogP contribution in [0.3, 0.4) is 0 Å². The van der Waals surface area contributed by atoms with Crippen LogP contribution in [-0.2, 0) is 4.79 Å². The van der Waals surface area contributed by atoms with Crippen molar-refractivity contribution in [1.29, 1.82) is 0 Å². The number of nitrogens with zero attached hydrogens (tertiary/aromatic N) is 1. The van der Waals surface area contributed by atoms with Crippen molar-refractivity contribution >= 4 is 17.7 Å². The molecule has 4 heteroatoms. The van der Waals surface area contributed by atoms with Gasteiger partial charge >= 0.3 is 0 Å². The Hall–Kier alpha value is -0.220. The minimum atomic E-state index is 0.0908. The molecule has 2 rings (SSSR count). The number of carbonyl (C=O) groups excluding carboxylic acids is 1. The van der Waals surface area contributed by atoms with E-state index in [-0.39, 0.29) is 6.04 Å². The molecular weight excluding hydrogens is 220 g/mol. The zero-order chi connectivity index (χ0) is 11.4. The van der Waals surface area contributed by atoms with Gasteiger partial charge in [0.2, 0.25) is 5.91 Å². The van der Waals surface area contributed by atoms with Crippen molar-refractivity contribution in [3.05, 3.63) is 0 Å². The van der Waals surface area contributed by atoms with Gasteiger partial charge in [-0.15, -0.1) is 0 Å². The number of carbonyl (C=O) groups is 1. The topological polar surface area (TPSA) is 32.3 Å². The van der Waals surface area contributed by atoms with E-state index in [9.17, 15) is 4.79 Å². The van der Waals surface area contributed by atoms with Crippen molar-refractivity contribution in [2.24, 2.45) is 0 Å². The van der Waals surface area contributed by atoms with Gasteiger partial charge in [0.15, 0.2) is 0 Å². The molecule has 92 valence electrons. The third kappa shape index (κ3) is 2.92. The van der Waals surface area contributed by atoms with Gasteiger partial charge in [0.05, 0.1) is 6.04 Å². The van der Waals surface area contributed by atoms with Crippen LogP contribution < -0.4 is 5.32 Å². The number of thioether (sulfide) groups is 1. The summed E-state index contributed by atoms with van der Waals surface area (Å²) in [5.41, 5.74) is 0. The first-order valence-electron chi connectivity index (χ1n) is 6.40. The van der Waals surface area contributed by atoms with E-state index in [1.807, 2.05) is 11.8 Å². The summed E-state index contributed by atoms with van der Waals surface area (Å²) in [6, 6.07) is 0.504. The van der Waals surface area contributed by atoms with Crippen molar-refractivity contribution in [3.63, 3.8) is 0 Å². The maximum atomic E-state index is 12.4. The molecule has 2 aliphatic rings. The molecule has 2 aliphatic heterocycles. The minimum Gasteiger partial charge on any atom is -0.337 e. The molecule has 1 N–H and O–H groups in total. The molecule has 2 atom stereocenters. The van der Waals surface area contributed by atoms with Gasteiger partial charge in [-0.3, -0.25) is 4.79 Å². The van der Waals surface area contributed by atoms with E-state index >= 15 is 0 Å². The van der Waals surface area contributed by atoms with E-state index in [4.69, 9.17) is 0 Å². The maximum Gasteiger partial charge on any atom is 0.239 e. The molecule has 0 aliphatic carbocycles. The molecule has 2 unspecified atom stereocenters. The van der Waals surface area contributed by atoms with Crippen molar-refractivity contribution in [2.75, 3.05) is 24.6 Å². The van der Waals surface area contributed by atoms with Crippen molar-refractivity contribution in [2.45, 2.75) is 44.7 Å². The van der Waals surface area contributed by atoms with Crippen LogP contribution in [0.2, 0.25) is 0 Å². The molecular formula is C12H22N2OS. The summed E-state index contributed by atoms with van der Waals surface area (Å²) in [6.45, 7) is 4.11. The first-order chi connectivity index (χ1) is 7.79. The summed E-state index contributed by atoms with van der Waals surface area (Å²) in [7, 11) is 0. The van der Waals surface area contributed by atoms with E-state index in [0.717, 1.165) is 31.0 Å². The van der Waals surface area contributed by atoms with E-state index < -0.39 is 0 Å². The molecule has 0 spiro atoms. The highest BCUT2D eigenvalue weighted by atomic mass is 32.2. The van der Waals surface area contributed by atoms with Crippen LogP contribution in [0, 0.1) is 0 Å². The molecule has 1 amide bonds. The second-order valence-corrected chi connectivity index (χ2v) is 5.96. The van der Waals surface area contributed by atoms with Gasteiger partial charge in [0.1, 0.15) is 0 Å². The van der Waals surface area contributed by atoms with Crippen LogP contribution in [0.25, 0.3) is 0 Å². The Morgan fingerprint density at radius 1 is 1.38 bits per heavy atom. The monoisotopic (exact) mass is 242 g/mol. The Bertz CT molecular complexity index is 239. The lowest BCUT2D eigenvalue weighted by Crippen LogP contribution is -2.52. The summed E-state index contributed by atoms with van der Waals surface area (Å²) in [6.07, 6.45) is 4.70. The number of amides is 1. The number of rotatable bonds is 1. The smallest absolute Gasteiger partial charge is 0.239 e. The Morgan fingerprint density at radius 3 is 3.06 bits per heavy atom. The standard InChI is InChI=1S/C12H22N2OS/c1-10-9-16-8-7-14(10)12(15)11-5-3-2-4-6-13-11/h10-11,13H,2-9H2,1H3. The van der Waals surface area contributed by atoms with E-state index in [0.29, 0.717) is 11.9 Å². The maximum absolute atomic E-state index is 12.4. The van der Waals surface area contributed by atoms with E-state index in [1.54, 1.807) is 0 Å². The number of nitrogens with one attached hydrogen (secondary N) is 1. The highest BCUT2D eigenvalue weighted by molar-refractivity contribution is 7.99. The van der Waals surface area contributed by atoms with Crippen LogP contribution in [-0.4, -0.2) is 47.5 Å². The summed E-state index contributed by atoms with van der Waals surface area (Å²) in [5, 5.41) is 3.40. The zero-order valence-electron chi connectivity index (χ0n) is 10.1. The lowest BCUT2D eigenvalue weighted by atomic mass is 10.1. The number of hydrogen-bond donors (Lipinski definition) is 1. The lowest BCUT2D eigenvalue weighted by Gasteiger charge is -2.35. The highest BCUT2D eigenvalue weighted by Crippen LogP contribution is 2.19. The zero-order valence-corrected chi connectivity index (χ0v) is 10.9. The first kappa shape index (κ1) is 12.2. The summed E-state index contributed by atoms with van der Waals surface area (Å²) >= 11 is 1.96. The Kier molecular flexibility index (Phi) is 4.53. The first-order valence-corrected chi connectivity index (χ1v) is 7.56. The fraction of sp³-hybridized carbons (Fsp3) is 0.917. The van der Waals surface area contributed by atoms with Crippen molar-refractivity contribution in [3.8, 4) is 0 Å². The Balaban J connectivity index is 1.93. The summed E-state index contributed by atoms with van der Waals surface area (Å²) in [5.74, 6) is 2.54. The average molecular weight is 242 g/mol. The van der Waals surface area contributed by atoms with Gasteiger partial charge in [0.25, 0.3) is 0 Å². The molecule has 0 bridgehead atoms. The fourth-order valence-corrected chi connectivity index (χ4v) is 3.51. The SMILES string of the molecule is CC1CSCCN1C(=O)C1CCCCCN1. The third-order valence-corrected chi connectivity index (χ3v) is 4.70. The molecule has 0 radical (unpaired) electrons. The van der Waals surface area contributed by atoms with Crippen LogP contribution in [0.5, 0.6) is 0 Å². The molecule has 2 fully saturated rings. The van der Waals surface area contributed by atoms with Crippen LogP contribution >= 0.6 is 11.8 Å². The van der Waals surface area contributed by atoms with Gasteiger partial charge < -0.3 is 10.2 Å². The Labute approximate surface area is 102 Å². The van der Waals surface area contributed by atoms with Crippen molar-refractivity contribution in [1.82, 2.24) is 10.2 Å². The van der Waals surface area contributed by atoms with Crippen LogP contribution in [0.1, 0.15) is 32.6 Å². The molecule has 0 aromatic heterocycles.